The summed E-state index contributed by atoms with van der Waals surface area (Å²) in [6, 6.07) is 14.5. The Morgan fingerprint density at radius 1 is 1.03 bits per heavy atom. The van der Waals surface area contributed by atoms with Crippen LogP contribution in [0, 0.1) is 11.7 Å². The van der Waals surface area contributed by atoms with Crippen molar-refractivity contribution in [1.29, 1.82) is 0 Å². The number of nitrogens with one attached hydrogen (secondary N) is 1. The molecule has 8 heteroatoms. The van der Waals surface area contributed by atoms with Crippen LogP contribution in [0.5, 0.6) is 0 Å². The molecular weight excluding hydrogens is 437 g/mol. The van der Waals surface area contributed by atoms with Gasteiger partial charge in [0.15, 0.2) is 0 Å². The monoisotopic (exact) mass is 465 g/mol. The third kappa shape index (κ3) is 4.07. The van der Waals surface area contributed by atoms with Crippen molar-refractivity contribution in [2.45, 2.75) is 37.3 Å². The van der Waals surface area contributed by atoms with Crippen molar-refractivity contribution in [2.24, 2.45) is 5.92 Å². The fourth-order valence-electron chi connectivity index (χ4n) is 5.47. The summed E-state index contributed by atoms with van der Waals surface area (Å²) in [4.78, 5) is 43.0. The van der Waals surface area contributed by atoms with Crippen LogP contribution in [0.15, 0.2) is 54.6 Å². The summed E-state index contributed by atoms with van der Waals surface area (Å²) in [6.07, 6.45) is 2.07. The van der Waals surface area contributed by atoms with E-state index in [1.54, 1.807) is 29.2 Å². The number of carbonyl (C=O) groups excluding carboxylic acids is 3. The van der Waals surface area contributed by atoms with E-state index < -0.39 is 11.6 Å². The standard InChI is InChI=1S/C26H28FN3O4/c27-21-8-6-18(7-9-21)16-26(24(32)30(25(33)28-26)22-12-15-34-17-22)20-10-13-29(14-11-20)23(31)19-4-2-1-3-5-19/h1-9,20,22H,10-17H2,(H,28,33). The van der Waals surface area contributed by atoms with Gasteiger partial charge in [0.1, 0.15) is 11.4 Å². The molecule has 34 heavy (non-hydrogen) atoms. The van der Waals surface area contributed by atoms with Crippen LogP contribution in [0.2, 0.25) is 0 Å². The molecule has 3 aliphatic rings. The lowest BCUT2D eigenvalue weighted by Gasteiger charge is -2.41. The van der Waals surface area contributed by atoms with Crippen molar-refractivity contribution >= 4 is 17.8 Å². The highest BCUT2D eigenvalue weighted by Crippen LogP contribution is 2.38. The number of ether oxygens (including phenoxy) is 1. The van der Waals surface area contributed by atoms with Crippen LogP contribution in [0.1, 0.15) is 35.2 Å². The predicted octanol–water partition coefficient (Wildman–Crippen LogP) is 3.00. The van der Waals surface area contributed by atoms with Crippen LogP contribution in [-0.4, -0.2) is 65.5 Å². The summed E-state index contributed by atoms with van der Waals surface area (Å²) in [5, 5.41) is 3.04. The van der Waals surface area contributed by atoms with Gasteiger partial charge in [-0.3, -0.25) is 14.5 Å². The van der Waals surface area contributed by atoms with Crippen molar-refractivity contribution in [2.75, 3.05) is 26.3 Å². The van der Waals surface area contributed by atoms with Gasteiger partial charge >= 0.3 is 6.03 Å². The molecular formula is C26H28FN3O4. The Bertz CT molecular complexity index is 1060. The molecule has 3 saturated heterocycles. The lowest BCUT2D eigenvalue weighted by atomic mass is 9.73. The second-order valence-corrected chi connectivity index (χ2v) is 9.33. The molecule has 5 rings (SSSR count). The van der Waals surface area contributed by atoms with Gasteiger partial charge in [-0.05, 0) is 55.0 Å². The molecule has 0 aromatic heterocycles. The van der Waals surface area contributed by atoms with Crippen molar-refractivity contribution < 1.29 is 23.5 Å². The normalized spacial score (nSPS) is 25.6. The van der Waals surface area contributed by atoms with E-state index in [0.29, 0.717) is 51.1 Å². The number of piperidine rings is 1. The van der Waals surface area contributed by atoms with E-state index in [2.05, 4.69) is 5.32 Å². The summed E-state index contributed by atoms with van der Waals surface area (Å²) in [6.45, 7) is 1.86. The summed E-state index contributed by atoms with van der Waals surface area (Å²) in [5.41, 5.74) is 0.293. The molecule has 4 amide bonds. The number of carbonyl (C=O) groups is 3. The molecule has 3 heterocycles. The van der Waals surface area contributed by atoms with Gasteiger partial charge in [-0.25, -0.2) is 9.18 Å². The first-order valence-electron chi connectivity index (χ1n) is 11.8. The van der Waals surface area contributed by atoms with E-state index in [0.717, 1.165) is 5.56 Å². The number of urea groups is 1. The van der Waals surface area contributed by atoms with Gasteiger partial charge < -0.3 is 15.0 Å². The average Bonchev–Trinajstić information content (AvgIpc) is 3.47. The van der Waals surface area contributed by atoms with Crippen LogP contribution in [0.25, 0.3) is 0 Å². The number of amides is 4. The Morgan fingerprint density at radius 3 is 2.38 bits per heavy atom. The van der Waals surface area contributed by atoms with Crippen LogP contribution in [-0.2, 0) is 16.0 Å². The largest absolute Gasteiger partial charge is 0.379 e. The van der Waals surface area contributed by atoms with E-state index in [-0.39, 0.29) is 36.0 Å². The Labute approximate surface area is 197 Å². The fourth-order valence-corrected chi connectivity index (χ4v) is 5.47. The predicted molar refractivity (Wildman–Crippen MR) is 123 cm³/mol. The van der Waals surface area contributed by atoms with E-state index >= 15 is 0 Å². The molecule has 3 fully saturated rings. The van der Waals surface area contributed by atoms with Gasteiger partial charge in [-0.15, -0.1) is 0 Å². The summed E-state index contributed by atoms with van der Waals surface area (Å²) in [5.74, 6) is -0.776. The molecule has 0 aliphatic carbocycles. The minimum absolute atomic E-state index is 0.0295. The van der Waals surface area contributed by atoms with Gasteiger partial charge in [-0.1, -0.05) is 30.3 Å². The molecule has 0 spiro atoms. The highest BCUT2D eigenvalue weighted by Gasteiger charge is 2.57. The molecule has 0 bridgehead atoms. The molecule has 3 aliphatic heterocycles. The van der Waals surface area contributed by atoms with Crippen molar-refractivity contribution in [1.82, 2.24) is 15.1 Å². The van der Waals surface area contributed by atoms with E-state index in [9.17, 15) is 18.8 Å². The first kappa shape index (κ1) is 22.5. The maximum Gasteiger partial charge on any atom is 0.325 e. The smallest absolute Gasteiger partial charge is 0.325 e. The van der Waals surface area contributed by atoms with Gasteiger partial charge in [0.2, 0.25) is 0 Å². The fraction of sp³-hybridized carbons (Fsp3) is 0.423. The molecule has 2 atom stereocenters. The molecule has 0 radical (unpaired) electrons. The zero-order valence-electron chi connectivity index (χ0n) is 18.9. The van der Waals surface area contributed by atoms with Crippen molar-refractivity contribution in [3.05, 3.63) is 71.5 Å². The van der Waals surface area contributed by atoms with E-state index in [4.69, 9.17) is 4.74 Å². The quantitative estimate of drug-likeness (QED) is 0.689. The molecule has 0 saturated carbocycles. The topological polar surface area (TPSA) is 79.0 Å². The number of imide groups is 1. The average molecular weight is 466 g/mol. The van der Waals surface area contributed by atoms with Gasteiger partial charge in [0.25, 0.3) is 11.8 Å². The number of benzene rings is 2. The molecule has 2 aromatic carbocycles. The minimum atomic E-state index is -1.13. The number of nitrogens with zero attached hydrogens (tertiary/aromatic N) is 2. The maximum absolute atomic E-state index is 13.9. The lowest BCUT2D eigenvalue weighted by Crippen LogP contribution is -2.58. The first-order chi connectivity index (χ1) is 16.5. The molecule has 178 valence electrons. The molecule has 2 unspecified atom stereocenters. The van der Waals surface area contributed by atoms with Gasteiger partial charge in [0.05, 0.1) is 12.6 Å². The third-order valence-corrected chi connectivity index (χ3v) is 7.32. The lowest BCUT2D eigenvalue weighted by molar-refractivity contribution is -0.135. The highest BCUT2D eigenvalue weighted by atomic mass is 19.1. The second kappa shape index (κ2) is 9.18. The minimum Gasteiger partial charge on any atom is -0.379 e. The number of hydrogen-bond acceptors (Lipinski definition) is 4. The van der Waals surface area contributed by atoms with Crippen LogP contribution < -0.4 is 5.32 Å². The SMILES string of the molecule is O=C(c1ccccc1)N1CCC(C2(Cc3ccc(F)cc3)NC(=O)N(C3CCOC3)C2=O)CC1. The Morgan fingerprint density at radius 2 is 1.74 bits per heavy atom. The van der Waals surface area contributed by atoms with Crippen molar-refractivity contribution in [3.63, 3.8) is 0 Å². The summed E-state index contributed by atoms with van der Waals surface area (Å²) >= 11 is 0. The number of likely N-dealkylation sites (tertiary alicyclic amines) is 1. The van der Waals surface area contributed by atoms with E-state index in [1.165, 1.54) is 17.0 Å². The molecule has 2 aromatic rings. The van der Waals surface area contributed by atoms with Crippen LogP contribution in [0.3, 0.4) is 0 Å². The van der Waals surface area contributed by atoms with E-state index in [1.807, 2.05) is 18.2 Å². The number of rotatable bonds is 5. The second-order valence-electron chi connectivity index (χ2n) is 9.33. The maximum atomic E-state index is 13.9. The Balaban J connectivity index is 1.39. The third-order valence-electron chi connectivity index (χ3n) is 7.32. The summed E-state index contributed by atoms with van der Waals surface area (Å²) in [7, 11) is 0. The van der Waals surface area contributed by atoms with Crippen molar-refractivity contribution in [3.8, 4) is 0 Å². The molecule has 7 nitrogen and oxygen atoms in total. The Hall–Kier alpha value is -3.26. The first-order valence-corrected chi connectivity index (χ1v) is 11.8. The number of hydrogen-bond donors (Lipinski definition) is 1. The summed E-state index contributed by atoms with van der Waals surface area (Å²) < 4.78 is 19.0. The van der Waals surface area contributed by atoms with Crippen LogP contribution in [0.4, 0.5) is 9.18 Å². The van der Waals surface area contributed by atoms with Gasteiger partial charge in [0, 0.05) is 31.7 Å². The number of halogens is 1. The van der Waals surface area contributed by atoms with Gasteiger partial charge in [-0.2, -0.15) is 0 Å². The Kier molecular flexibility index (Phi) is 6.08. The molecule has 1 N–H and O–H groups in total. The van der Waals surface area contributed by atoms with Crippen LogP contribution >= 0.6 is 0 Å². The zero-order valence-corrected chi connectivity index (χ0v) is 18.9. The highest BCUT2D eigenvalue weighted by molar-refractivity contribution is 6.08. The zero-order chi connectivity index (χ0) is 23.7.